The van der Waals surface area contributed by atoms with E-state index in [1.165, 1.54) is 46.2 Å². The molecular formula is C32H34N4O10. The molecule has 0 unspecified atom stereocenters. The summed E-state index contributed by atoms with van der Waals surface area (Å²) in [5, 5.41) is 38.3. The molecule has 2 amide bonds. The van der Waals surface area contributed by atoms with Gasteiger partial charge in [0.05, 0.1) is 21.5 Å². The zero-order valence-electron chi connectivity index (χ0n) is 25.6. The highest BCUT2D eigenvalue weighted by molar-refractivity contribution is 5.97. The largest absolute Gasteiger partial charge is 0.504 e. The number of nitrogens with zero attached hydrogens (tertiary/aromatic N) is 4. The van der Waals surface area contributed by atoms with Crippen molar-refractivity contribution < 1.29 is 30.0 Å². The second-order valence-corrected chi connectivity index (χ2v) is 10.8. The predicted octanol–water partition coefficient (Wildman–Crippen LogP) is 0.629. The van der Waals surface area contributed by atoms with Crippen LogP contribution in [-0.4, -0.2) is 80.4 Å². The molecule has 242 valence electrons. The molecule has 0 aliphatic rings. The number of hydrogen-bond donors (Lipinski definition) is 4. The smallest absolute Gasteiger partial charge is 0.261 e. The van der Waals surface area contributed by atoms with Gasteiger partial charge in [-0.2, -0.15) is 0 Å². The number of aryl methyl sites for hydroxylation is 2. The Balaban J connectivity index is 0.000000503. The summed E-state index contributed by atoms with van der Waals surface area (Å²) in [7, 11) is 6.75. The van der Waals surface area contributed by atoms with E-state index in [2.05, 4.69) is 0 Å². The Labute approximate surface area is 261 Å². The molecule has 0 spiro atoms. The summed E-state index contributed by atoms with van der Waals surface area (Å²) in [5.74, 6) is -1.18. The van der Waals surface area contributed by atoms with E-state index >= 15 is 0 Å². The van der Waals surface area contributed by atoms with Crippen LogP contribution in [0.15, 0.2) is 67.7 Å². The molecule has 3 aromatic carbocycles. The van der Waals surface area contributed by atoms with Crippen molar-refractivity contribution >= 4 is 34.4 Å². The van der Waals surface area contributed by atoms with Crippen molar-refractivity contribution in [3.8, 4) is 23.0 Å². The molecule has 0 fully saturated rings. The molecule has 14 heteroatoms. The molecule has 14 nitrogen and oxygen atoms in total. The number of carbonyl (C=O) groups excluding carboxylic acids is 2. The lowest BCUT2D eigenvalue weighted by Gasteiger charge is -2.04. The fourth-order valence-corrected chi connectivity index (χ4v) is 4.41. The molecule has 5 rings (SSSR count). The van der Waals surface area contributed by atoms with E-state index in [9.17, 15) is 49.2 Å². The molecule has 0 saturated carbocycles. The van der Waals surface area contributed by atoms with Crippen LogP contribution < -0.4 is 22.2 Å². The van der Waals surface area contributed by atoms with Crippen molar-refractivity contribution in [3.05, 3.63) is 101 Å². The maximum atomic E-state index is 13.0. The summed E-state index contributed by atoms with van der Waals surface area (Å²) in [5.41, 5.74) is -1.13. The van der Waals surface area contributed by atoms with Crippen molar-refractivity contribution in [1.29, 1.82) is 0 Å². The van der Waals surface area contributed by atoms with Crippen LogP contribution in [-0.2, 0) is 35.5 Å². The van der Waals surface area contributed by atoms with Crippen LogP contribution in [0.3, 0.4) is 0 Å². The van der Waals surface area contributed by atoms with E-state index in [0.717, 1.165) is 22.0 Å². The third-order valence-electron chi connectivity index (χ3n) is 6.81. The summed E-state index contributed by atoms with van der Waals surface area (Å²) >= 11 is 0. The third-order valence-corrected chi connectivity index (χ3v) is 6.81. The van der Waals surface area contributed by atoms with Gasteiger partial charge in [0.1, 0.15) is 0 Å². The molecule has 46 heavy (non-hydrogen) atoms. The van der Waals surface area contributed by atoms with Crippen molar-refractivity contribution in [2.45, 2.75) is 25.9 Å². The van der Waals surface area contributed by atoms with Gasteiger partial charge in [0.15, 0.2) is 23.0 Å². The number of fused-ring (bicyclic) bond motifs is 2. The molecule has 2 aromatic heterocycles. The van der Waals surface area contributed by atoms with Crippen molar-refractivity contribution in [3.63, 3.8) is 0 Å². The van der Waals surface area contributed by atoms with Crippen LogP contribution >= 0.6 is 0 Å². The summed E-state index contributed by atoms with van der Waals surface area (Å²) < 4.78 is 2.04. The van der Waals surface area contributed by atoms with E-state index in [1.807, 2.05) is 0 Å². The molecule has 0 bridgehead atoms. The summed E-state index contributed by atoms with van der Waals surface area (Å²) in [6, 6.07) is 11.0. The van der Waals surface area contributed by atoms with Crippen LogP contribution in [0.2, 0.25) is 0 Å². The monoisotopic (exact) mass is 634 g/mol. The normalized spacial score (nSPS) is 10.5. The van der Waals surface area contributed by atoms with Crippen molar-refractivity contribution in [1.82, 2.24) is 18.9 Å². The first-order chi connectivity index (χ1) is 21.7. The second kappa shape index (κ2) is 14.7. The minimum Gasteiger partial charge on any atom is -0.504 e. The molecule has 0 aliphatic heterocycles. The lowest BCUT2D eigenvalue weighted by atomic mass is 10.1. The Kier molecular flexibility index (Phi) is 11.1. The minimum atomic E-state index is -0.584. The minimum absolute atomic E-state index is 0.00865. The Morgan fingerprint density at radius 3 is 1.04 bits per heavy atom. The fraction of sp³-hybridized carbons (Fsp3) is 0.250. The van der Waals surface area contributed by atoms with E-state index in [0.29, 0.717) is 11.1 Å². The van der Waals surface area contributed by atoms with E-state index in [4.69, 9.17) is 0 Å². The lowest BCUT2D eigenvalue weighted by Crippen LogP contribution is -2.27. The Morgan fingerprint density at radius 2 is 0.804 bits per heavy atom. The Hall–Kier alpha value is -5.92. The second-order valence-electron chi connectivity index (χ2n) is 10.8. The van der Waals surface area contributed by atoms with Gasteiger partial charge < -0.3 is 30.2 Å². The molecule has 0 saturated heterocycles. The number of carbonyl (C=O) groups is 2. The Morgan fingerprint density at radius 1 is 0.522 bits per heavy atom. The first kappa shape index (κ1) is 34.6. The Bertz CT molecular complexity index is 1860. The standard InChI is InChI=1S/C26H20N2O8.2C3H7NO/c29-19-3-1-13(9-21(19)31)5-7-27-23(33)15-11-17-18(12-16(15)24(27)34)26(36)28(25(17)35)8-6-14-2-4-20(30)22(32)10-14;2*1-4(2)3-5/h1-4,9-12,29-32H,5-8H2;2*3H,1-2H3. The highest BCUT2D eigenvalue weighted by Gasteiger charge is 2.19. The van der Waals surface area contributed by atoms with E-state index in [1.54, 1.807) is 40.3 Å². The van der Waals surface area contributed by atoms with Crippen LogP contribution in [0.1, 0.15) is 11.1 Å². The number of hydrogen-bond acceptors (Lipinski definition) is 10. The van der Waals surface area contributed by atoms with Gasteiger partial charge in [-0.3, -0.25) is 37.9 Å². The summed E-state index contributed by atoms with van der Waals surface area (Å²) in [6.07, 6.45) is 1.97. The van der Waals surface area contributed by atoms with Gasteiger partial charge in [0, 0.05) is 41.3 Å². The maximum Gasteiger partial charge on any atom is 0.261 e. The number of rotatable bonds is 8. The molecule has 0 atom stereocenters. The first-order valence-corrected chi connectivity index (χ1v) is 13.9. The zero-order valence-corrected chi connectivity index (χ0v) is 25.6. The summed E-state index contributed by atoms with van der Waals surface area (Å²) in [4.78, 5) is 73.6. The van der Waals surface area contributed by atoms with Crippen molar-refractivity contribution in [2.24, 2.45) is 0 Å². The number of phenols is 4. The highest BCUT2D eigenvalue weighted by atomic mass is 16.3. The number of benzene rings is 3. The van der Waals surface area contributed by atoms with E-state index in [-0.39, 0.29) is 70.5 Å². The SMILES string of the molecule is CN(C)C=O.CN(C)C=O.O=c1c2cc3c(=O)n(CCc4ccc(O)c(O)c4)c(=O)c3cc2c(=O)n1CCc1ccc(O)c(O)c1. The average Bonchev–Trinajstić information content (AvgIpc) is 3.40. The summed E-state index contributed by atoms with van der Waals surface area (Å²) in [6.45, 7) is 0.0173. The predicted molar refractivity (Wildman–Crippen MR) is 171 cm³/mol. The van der Waals surface area contributed by atoms with Crippen LogP contribution in [0.25, 0.3) is 21.5 Å². The zero-order chi connectivity index (χ0) is 34.3. The first-order valence-electron chi connectivity index (χ1n) is 13.9. The van der Waals surface area contributed by atoms with Crippen LogP contribution in [0.4, 0.5) is 0 Å². The van der Waals surface area contributed by atoms with Gasteiger partial charge >= 0.3 is 0 Å². The molecule has 5 aromatic rings. The fourth-order valence-electron chi connectivity index (χ4n) is 4.41. The number of aromatic nitrogens is 2. The molecule has 0 radical (unpaired) electrons. The topological polar surface area (TPSA) is 200 Å². The highest BCUT2D eigenvalue weighted by Crippen LogP contribution is 2.26. The third kappa shape index (κ3) is 7.77. The van der Waals surface area contributed by atoms with Gasteiger partial charge in [-0.15, -0.1) is 0 Å². The van der Waals surface area contributed by atoms with E-state index < -0.39 is 22.2 Å². The van der Waals surface area contributed by atoms with Crippen molar-refractivity contribution in [2.75, 3.05) is 28.2 Å². The quantitative estimate of drug-likeness (QED) is 0.139. The van der Waals surface area contributed by atoms with Gasteiger partial charge in [0.2, 0.25) is 12.8 Å². The number of amides is 2. The molecule has 0 aliphatic carbocycles. The molecular weight excluding hydrogens is 600 g/mol. The number of phenolic OH excluding ortho intramolecular Hbond substituents is 4. The average molecular weight is 635 g/mol. The van der Waals surface area contributed by atoms with Gasteiger partial charge in [-0.1, -0.05) is 12.1 Å². The maximum absolute atomic E-state index is 13.0. The number of aromatic hydroxyl groups is 4. The molecule has 2 heterocycles. The molecule has 4 N–H and O–H groups in total. The van der Waals surface area contributed by atoms with Crippen LogP contribution in [0, 0.1) is 0 Å². The van der Waals surface area contributed by atoms with Gasteiger partial charge in [0.25, 0.3) is 22.2 Å². The van der Waals surface area contributed by atoms with Gasteiger partial charge in [-0.25, -0.2) is 0 Å². The lowest BCUT2D eigenvalue weighted by molar-refractivity contribution is -0.116. The van der Waals surface area contributed by atoms with Gasteiger partial charge in [-0.05, 0) is 60.4 Å². The van der Waals surface area contributed by atoms with Crippen LogP contribution in [0.5, 0.6) is 23.0 Å².